The van der Waals surface area contributed by atoms with Gasteiger partial charge in [0.2, 0.25) is 0 Å². The van der Waals surface area contributed by atoms with Crippen LogP contribution in [0.2, 0.25) is 0 Å². The van der Waals surface area contributed by atoms with E-state index in [1.54, 1.807) is 0 Å². The zero-order valence-corrected chi connectivity index (χ0v) is 16.9. The lowest BCUT2D eigenvalue weighted by Gasteiger charge is -2.04. The summed E-state index contributed by atoms with van der Waals surface area (Å²) in [7, 11) is 0. The highest BCUT2D eigenvalue weighted by molar-refractivity contribution is 4.56. The zero-order valence-electron chi connectivity index (χ0n) is 16.9. The molecule has 145 valence electrons. The van der Waals surface area contributed by atoms with Crippen molar-refractivity contribution in [2.45, 2.75) is 141 Å². The molecule has 0 aromatic rings. The lowest BCUT2D eigenvalue weighted by Crippen LogP contribution is -1.98. The standard InChI is InChI=1S/C23H47O/c1-3-4-5-6-7-8-9-10-11-12-13-14-15-16-17-18-19-20-21-22-23(2)24/h23-24H,2-22H2,1H3. The third-order valence-electron chi connectivity index (χ3n) is 5.14. The Kier molecular flexibility index (Phi) is 21.0. The summed E-state index contributed by atoms with van der Waals surface area (Å²) in [6, 6.07) is 0. The molecule has 0 bridgehead atoms. The van der Waals surface area contributed by atoms with Gasteiger partial charge in [0.05, 0.1) is 6.10 Å². The van der Waals surface area contributed by atoms with Crippen molar-refractivity contribution in [3.63, 3.8) is 0 Å². The number of hydrogen-bond donors (Lipinski definition) is 1. The molecule has 0 aromatic carbocycles. The second-order valence-electron chi connectivity index (χ2n) is 7.81. The van der Waals surface area contributed by atoms with Crippen molar-refractivity contribution in [1.29, 1.82) is 0 Å². The second-order valence-corrected chi connectivity index (χ2v) is 7.81. The molecule has 1 radical (unpaired) electrons. The van der Waals surface area contributed by atoms with Crippen molar-refractivity contribution >= 4 is 0 Å². The van der Waals surface area contributed by atoms with E-state index in [9.17, 15) is 0 Å². The van der Waals surface area contributed by atoms with Crippen LogP contribution in [0.4, 0.5) is 0 Å². The van der Waals surface area contributed by atoms with Crippen LogP contribution in [0, 0.1) is 6.92 Å². The molecule has 0 saturated heterocycles. The molecule has 1 N–H and O–H groups in total. The second kappa shape index (κ2) is 21.0. The van der Waals surface area contributed by atoms with Gasteiger partial charge in [-0.1, -0.05) is 129 Å². The van der Waals surface area contributed by atoms with Gasteiger partial charge in [0, 0.05) is 0 Å². The molecule has 24 heavy (non-hydrogen) atoms. The van der Waals surface area contributed by atoms with Crippen LogP contribution in [0.3, 0.4) is 0 Å². The Bertz CT molecular complexity index is 212. The Morgan fingerprint density at radius 1 is 0.500 bits per heavy atom. The van der Waals surface area contributed by atoms with Crippen molar-refractivity contribution < 1.29 is 5.11 Å². The summed E-state index contributed by atoms with van der Waals surface area (Å²) in [5, 5.41) is 9.08. The molecule has 0 heterocycles. The molecule has 0 aliphatic carbocycles. The summed E-state index contributed by atoms with van der Waals surface area (Å²) < 4.78 is 0. The van der Waals surface area contributed by atoms with Crippen molar-refractivity contribution in [2.75, 3.05) is 0 Å². The van der Waals surface area contributed by atoms with Crippen LogP contribution in [-0.2, 0) is 0 Å². The van der Waals surface area contributed by atoms with E-state index >= 15 is 0 Å². The van der Waals surface area contributed by atoms with Gasteiger partial charge in [-0.3, -0.25) is 0 Å². The van der Waals surface area contributed by atoms with Crippen LogP contribution in [0.5, 0.6) is 0 Å². The van der Waals surface area contributed by atoms with Gasteiger partial charge >= 0.3 is 0 Å². The predicted molar refractivity (Wildman–Crippen MR) is 109 cm³/mol. The fourth-order valence-corrected chi connectivity index (χ4v) is 3.46. The van der Waals surface area contributed by atoms with Gasteiger partial charge in [0.25, 0.3) is 0 Å². The maximum Gasteiger partial charge on any atom is 0.0541 e. The summed E-state index contributed by atoms with van der Waals surface area (Å²) >= 11 is 0. The van der Waals surface area contributed by atoms with E-state index in [1.807, 2.05) is 0 Å². The first-order valence-electron chi connectivity index (χ1n) is 11.3. The summed E-state index contributed by atoms with van der Waals surface area (Å²) in [6.45, 7) is 5.90. The van der Waals surface area contributed by atoms with Crippen LogP contribution in [0.1, 0.15) is 135 Å². The lowest BCUT2D eigenvalue weighted by molar-refractivity contribution is 0.205. The van der Waals surface area contributed by atoms with E-state index in [2.05, 4.69) is 13.8 Å². The molecule has 1 atom stereocenters. The fraction of sp³-hybridized carbons (Fsp3) is 0.957. The average molecular weight is 340 g/mol. The van der Waals surface area contributed by atoms with Crippen LogP contribution in [0.15, 0.2) is 0 Å². The lowest BCUT2D eigenvalue weighted by atomic mass is 10.0. The Balaban J connectivity index is 2.95. The van der Waals surface area contributed by atoms with Gasteiger partial charge in [-0.25, -0.2) is 0 Å². The largest absolute Gasteiger partial charge is 0.393 e. The molecule has 0 fully saturated rings. The third kappa shape index (κ3) is 22.0. The molecule has 0 amide bonds. The van der Waals surface area contributed by atoms with Gasteiger partial charge in [-0.05, 0) is 13.3 Å². The van der Waals surface area contributed by atoms with E-state index in [0.717, 1.165) is 12.8 Å². The Morgan fingerprint density at radius 2 is 0.750 bits per heavy atom. The predicted octanol–water partition coefficient (Wildman–Crippen LogP) is 8.00. The number of aliphatic hydroxyl groups is 1. The van der Waals surface area contributed by atoms with E-state index in [1.165, 1.54) is 116 Å². The molecule has 0 aromatic heterocycles. The smallest absolute Gasteiger partial charge is 0.0541 e. The first kappa shape index (κ1) is 24.0. The van der Waals surface area contributed by atoms with Crippen LogP contribution in [0.25, 0.3) is 0 Å². The Labute approximate surface area is 154 Å². The molecule has 1 nitrogen and oxygen atoms in total. The highest BCUT2D eigenvalue weighted by Crippen LogP contribution is 2.14. The summed E-state index contributed by atoms with van der Waals surface area (Å²) in [5.74, 6) is 0. The number of rotatable bonds is 20. The molecule has 1 unspecified atom stereocenters. The van der Waals surface area contributed by atoms with Gasteiger partial charge in [0.15, 0.2) is 0 Å². The molecular weight excluding hydrogens is 292 g/mol. The van der Waals surface area contributed by atoms with Crippen molar-refractivity contribution in [3.8, 4) is 0 Å². The maximum atomic E-state index is 9.08. The number of unbranched alkanes of at least 4 members (excludes halogenated alkanes) is 18. The average Bonchev–Trinajstić information content (AvgIpc) is 2.56. The van der Waals surface area contributed by atoms with Gasteiger partial charge in [0.1, 0.15) is 0 Å². The molecule has 0 aliphatic rings. The van der Waals surface area contributed by atoms with E-state index < -0.39 is 0 Å². The molecular formula is C23H47O. The quantitative estimate of drug-likeness (QED) is 0.223. The molecule has 0 spiro atoms. The van der Waals surface area contributed by atoms with E-state index in [4.69, 9.17) is 5.11 Å². The van der Waals surface area contributed by atoms with Gasteiger partial charge in [-0.2, -0.15) is 0 Å². The molecule has 0 saturated carbocycles. The van der Waals surface area contributed by atoms with Crippen LogP contribution in [-0.4, -0.2) is 11.2 Å². The summed E-state index contributed by atoms with van der Waals surface area (Å²) in [5.41, 5.74) is 0. The number of aliphatic hydroxyl groups excluding tert-OH is 1. The minimum atomic E-state index is -0.351. The minimum Gasteiger partial charge on any atom is -0.393 e. The van der Waals surface area contributed by atoms with E-state index in [-0.39, 0.29) is 6.10 Å². The molecule has 0 aliphatic heterocycles. The van der Waals surface area contributed by atoms with Gasteiger partial charge in [-0.15, -0.1) is 0 Å². The van der Waals surface area contributed by atoms with Crippen LogP contribution >= 0.6 is 0 Å². The Hall–Kier alpha value is -0.0400. The van der Waals surface area contributed by atoms with Crippen molar-refractivity contribution in [3.05, 3.63) is 6.92 Å². The maximum absolute atomic E-state index is 9.08. The summed E-state index contributed by atoms with van der Waals surface area (Å²) in [4.78, 5) is 0. The fourth-order valence-electron chi connectivity index (χ4n) is 3.46. The highest BCUT2D eigenvalue weighted by Gasteiger charge is 1.97. The SMILES string of the molecule is [CH2]C(O)CCCCCCCCCCCCCCCCCCCCC. The Morgan fingerprint density at radius 3 is 1.00 bits per heavy atom. The molecule has 0 rings (SSSR count). The third-order valence-corrected chi connectivity index (χ3v) is 5.14. The minimum absolute atomic E-state index is 0.351. The van der Waals surface area contributed by atoms with Crippen molar-refractivity contribution in [2.24, 2.45) is 0 Å². The number of hydrogen-bond acceptors (Lipinski definition) is 1. The monoisotopic (exact) mass is 339 g/mol. The van der Waals surface area contributed by atoms with Crippen LogP contribution < -0.4 is 0 Å². The highest BCUT2D eigenvalue weighted by atomic mass is 16.3. The van der Waals surface area contributed by atoms with Crippen molar-refractivity contribution in [1.82, 2.24) is 0 Å². The zero-order chi connectivity index (χ0) is 17.7. The normalized spacial score (nSPS) is 12.6. The topological polar surface area (TPSA) is 20.2 Å². The van der Waals surface area contributed by atoms with E-state index in [0.29, 0.717) is 0 Å². The first-order chi connectivity index (χ1) is 11.8. The van der Waals surface area contributed by atoms with Gasteiger partial charge < -0.3 is 5.11 Å². The summed E-state index contributed by atoms with van der Waals surface area (Å²) in [6.07, 6.45) is 27.3. The molecule has 1 heteroatoms. The first-order valence-corrected chi connectivity index (χ1v) is 11.3.